The molecule has 0 spiro atoms. The molecule has 0 saturated heterocycles. The minimum Gasteiger partial charge on any atom is -0.286 e. The summed E-state index contributed by atoms with van der Waals surface area (Å²) in [5, 5.41) is 0.769. The average molecular weight is 727 g/mol. The van der Waals surface area contributed by atoms with E-state index in [2.05, 4.69) is 93.0 Å². The maximum Gasteiger partial charge on any atom is 0.264 e. The zero-order valence-corrected chi connectivity index (χ0v) is 31.3. The van der Waals surface area contributed by atoms with Crippen LogP contribution >= 0.6 is 11.6 Å². The van der Waals surface area contributed by atoms with Gasteiger partial charge in [0.05, 0.1) is 16.9 Å². The summed E-state index contributed by atoms with van der Waals surface area (Å²) in [6.07, 6.45) is 14.3. The lowest BCUT2D eigenvalue weighted by Crippen LogP contribution is -2.28. The molecule has 2 N–H and O–H groups in total. The summed E-state index contributed by atoms with van der Waals surface area (Å²) in [6, 6.07) is 16.8. The molecule has 10 heteroatoms. The molecule has 0 aromatic heterocycles. The van der Waals surface area contributed by atoms with Gasteiger partial charge in [0.15, 0.2) is 5.71 Å². The summed E-state index contributed by atoms with van der Waals surface area (Å²) in [4.78, 5) is 0. The molecule has 1 aliphatic heterocycles. The van der Waals surface area contributed by atoms with E-state index in [0.29, 0.717) is 32.2 Å². The smallest absolute Gasteiger partial charge is 0.264 e. The Labute approximate surface area is 297 Å². The van der Waals surface area contributed by atoms with Gasteiger partial charge in [0.1, 0.15) is 6.54 Å². The average Bonchev–Trinajstić information content (AvgIpc) is 3.37. The van der Waals surface area contributed by atoms with Gasteiger partial charge in [-0.3, -0.25) is 9.11 Å². The van der Waals surface area contributed by atoms with Crippen molar-refractivity contribution in [3.8, 4) is 0 Å². The summed E-state index contributed by atoms with van der Waals surface area (Å²) >= 11 is 7.15. The molecule has 0 amide bonds. The van der Waals surface area contributed by atoms with Crippen molar-refractivity contribution < 1.29 is 30.5 Å². The Balaban J connectivity index is 1.44. The molecule has 0 radical (unpaired) electrons. The van der Waals surface area contributed by atoms with E-state index in [0.717, 1.165) is 53.3 Å². The Hall–Kier alpha value is -2.82. The molecule has 0 fully saturated rings. The van der Waals surface area contributed by atoms with Crippen LogP contribution in [-0.2, 0) is 31.1 Å². The maximum atomic E-state index is 11.3. The summed E-state index contributed by atoms with van der Waals surface area (Å²) in [5.41, 5.74) is 9.02. The maximum absolute atomic E-state index is 11.3. The van der Waals surface area contributed by atoms with Crippen LogP contribution in [0.5, 0.6) is 0 Å². The highest BCUT2D eigenvalue weighted by Crippen LogP contribution is 2.52. The summed E-state index contributed by atoms with van der Waals surface area (Å²) in [7, 11) is -7.97. The third kappa shape index (κ3) is 8.56. The molecule has 1 atom stereocenters. The summed E-state index contributed by atoms with van der Waals surface area (Å²) < 4.78 is 66.0. The van der Waals surface area contributed by atoms with E-state index < -0.39 is 20.2 Å². The first-order valence-electron chi connectivity index (χ1n) is 17.2. The van der Waals surface area contributed by atoms with E-state index in [1.54, 1.807) is 0 Å². The highest BCUT2D eigenvalue weighted by Gasteiger charge is 2.44. The lowest BCUT2D eigenvalue weighted by Gasteiger charge is -2.25. The molecule has 264 valence electrons. The Bertz CT molecular complexity index is 1970. The van der Waals surface area contributed by atoms with E-state index in [1.807, 2.05) is 12.1 Å². The van der Waals surface area contributed by atoms with E-state index >= 15 is 0 Å². The Morgan fingerprint density at radius 1 is 0.796 bits per heavy atom. The van der Waals surface area contributed by atoms with Gasteiger partial charge in [0.25, 0.3) is 20.2 Å². The second kappa shape index (κ2) is 14.8. The fourth-order valence-corrected chi connectivity index (χ4v) is 9.36. The van der Waals surface area contributed by atoms with Crippen LogP contribution in [0.4, 0.5) is 5.69 Å². The number of hydrogen-bond acceptors (Lipinski definition) is 4. The van der Waals surface area contributed by atoms with Crippen LogP contribution in [0, 0.1) is 0 Å². The molecule has 2 aliphatic carbocycles. The number of fused-ring (bicyclic) bond motifs is 2. The number of unbranched alkanes of at least 4 members (excludes halogenated alkanes) is 2. The summed E-state index contributed by atoms with van der Waals surface area (Å²) in [5.74, 6) is -0.317. The van der Waals surface area contributed by atoms with Crippen molar-refractivity contribution in [3.63, 3.8) is 0 Å². The van der Waals surface area contributed by atoms with Gasteiger partial charge >= 0.3 is 0 Å². The number of rotatable bonds is 13. The van der Waals surface area contributed by atoms with Gasteiger partial charge in [-0.1, -0.05) is 98.1 Å². The van der Waals surface area contributed by atoms with Crippen molar-refractivity contribution in [3.05, 3.63) is 111 Å². The molecule has 7 nitrogen and oxygen atoms in total. The van der Waals surface area contributed by atoms with Gasteiger partial charge in [-0.15, -0.1) is 0 Å². The standard InChI is InChI=1S/C39H48ClNO6S2/c1-38(2)32-18-6-5-16-30(32)31(17-9-11-26-48(42,43)44)33(38)23-21-28-14-13-15-29(37(28)40)22-24-36-39(3,4)34-19-7-8-20-35(34)41(36)25-10-12-27-49(45,46)47/h5-8,16,18-24,31H,9-15,17,25-27H2,1-4H3,(H-,42,43,44,45,46,47)/p+1/b24-22+,28-21+,33-23+. The molecular weight excluding hydrogens is 678 g/mol. The van der Waals surface area contributed by atoms with Crippen molar-refractivity contribution in [1.29, 1.82) is 0 Å². The SMILES string of the molecule is CC1(C)C(/C=C/C2=C(Cl)C(=C/C=C3\C(CCCCS(=O)(=O)O)c4ccccc4C3(C)C)/CCC2)=[N+](CCCCS(=O)(=O)O)c2ccccc21. The largest absolute Gasteiger partial charge is 0.286 e. The fraction of sp³-hybridized carbons (Fsp3) is 0.462. The molecule has 2 aromatic carbocycles. The van der Waals surface area contributed by atoms with Crippen molar-refractivity contribution in [2.75, 3.05) is 18.1 Å². The summed E-state index contributed by atoms with van der Waals surface area (Å²) in [6.45, 7) is 9.54. The molecule has 49 heavy (non-hydrogen) atoms. The zero-order chi connectivity index (χ0) is 35.6. The fourth-order valence-electron chi connectivity index (χ4n) is 7.91. The van der Waals surface area contributed by atoms with Gasteiger partial charge in [-0.05, 0) is 74.6 Å². The molecule has 1 heterocycles. The molecule has 2 aromatic rings. The van der Waals surface area contributed by atoms with Crippen LogP contribution in [0.15, 0.2) is 94.6 Å². The molecule has 5 rings (SSSR count). The topological polar surface area (TPSA) is 112 Å². The lowest BCUT2D eigenvalue weighted by atomic mass is 9.79. The highest BCUT2D eigenvalue weighted by atomic mass is 35.5. The Morgan fingerprint density at radius 3 is 2.12 bits per heavy atom. The van der Waals surface area contributed by atoms with Crippen molar-refractivity contribution >= 4 is 43.2 Å². The number of nitrogens with zero attached hydrogens (tertiary/aromatic N) is 1. The lowest BCUT2D eigenvalue weighted by molar-refractivity contribution is -0.438. The van der Waals surface area contributed by atoms with Crippen LogP contribution in [0.25, 0.3) is 0 Å². The van der Waals surface area contributed by atoms with Crippen LogP contribution in [0.1, 0.15) is 102 Å². The van der Waals surface area contributed by atoms with Crippen molar-refractivity contribution in [2.45, 2.75) is 95.8 Å². The van der Waals surface area contributed by atoms with Gasteiger partial charge in [0.2, 0.25) is 5.69 Å². The first kappa shape index (κ1) is 37.4. The second-order valence-electron chi connectivity index (χ2n) is 14.6. The minimum atomic E-state index is -3.99. The quantitative estimate of drug-likeness (QED) is 0.121. The van der Waals surface area contributed by atoms with Crippen LogP contribution in [-0.4, -0.2) is 54.3 Å². The van der Waals surface area contributed by atoms with Crippen LogP contribution in [0.3, 0.4) is 0 Å². The number of hydrogen-bond donors (Lipinski definition) is 2. The Morgan fingerprint density at radius 2 is 1.43 bits per heavy atom. The normalized spacial score (nSPS) is 22.1. The molecule has 0 saturated carbocycles. The van der Waals surface area contributed by atoms with E-state index in [9.17, 15) is 25.9 Å². The third-order valence-electron chi connectivity index (χ3n) is 10.4. The van der Waals surface area contributed by atoms with E-state index in [-0.39, 0.29) is 28.3 Å². The van der Waals surface area contributed by atoms with Crippen molar-refractivity contribution in [2.24, 2.45) is 0 Å². The third-order valence-corrected chi connectivity index (χ3v) is 12.5. The van der Waals surface area contributed by atoms with Gasteiger partial charge in [-0.2, -0.15) is 21.4 Å². The first-order chi connectivity index (χ1) is 23.0. The molecule has 3 aliphatic rings. The van der Waals surface area contributed by atoms with E-state index in [4.69, 9.17) is 11.6 Å². The predicted octanol–water partition coefficient (Wildman–Crippen LogP) is 8.95. The minimum absolute atomic E-state index is 0.154. The van der Waals surface area contributed by atoms with Gasteiger partial charge in [-0.25, -0.2) is 0 Å². The van der Waals surface area contributed by atoms with Crippen LogP contribution in [0.2, 0.25) is 0 Å². The van der Waals surface area contributed by atoms with E-state index in [1.165, 1.54) is 22.3 Å². The second-order valence-corrected chi connectivity index (χ2v) is 18.1. The number of halogens is 1. The number of allylic oxidation sites excluding steroid dienone is 8. The predicted molar refractivity (Wildman–Crippen MR) is 199 cm³/mol. The monoisotopic (exact) mass is 726 g/mol. The number of para-hydroxylation sites is 1. The molecule has 0 bridgehead atoms. The van der Waals surface area contributed by atoms with Crippen molar-refractivity contribution in [1.82, 2.24) is 0 Å². The van der Waals surface area contributed by atoms with Gasteiger partial charge < -0.3 is 0 Å². The highest BCUT2D eigenvalue weighted by molar-refractivity contribution is 7.86. The zero-order valence-electron chi connectivity index (χ0n) is 29.0. The molecular formula is C39H49ClNO6S2+. The Kier molecular flexibility index (Phi) is 11.3. The number of benzene rings is 2. The first-order valence-corrected chi connectivity index (χ1v) is 20.8. The molecule has 1 unspecified atom stereocenters. The van der Waals surface area contributed by atoms with Crippen LogP contribution < -0.4 is 0 Å². The van der Waals surface area contributed by atoms with Gasteiger partial charge in [0, 0.05) is 40.5 Å².